The molecular weight excluding hydrogens is 805 g/mol. The van der Waals surface area contributed by atoms with Gasteiger partial charge >= 0.3 is 0 Å². The molecule has 0 aliphatic carbocycles. The number of fused-ring (bicyclic) bond motifs is 3. The summed E-state index contributed by atoms with van der Waals surface area (Å²) in [5, 5.41) is 0. The van der Waals surface area contributed by atoms with E-state index in [2.05, 4.69) is 178 Å². The van der Waals surface area contributed by atoms with E-state index in [1.807, 2.05) is 42.5 Å². The van der Waals surface area contributed by atoms with E-state index in [9.17, 15) is 0 Å². The first-order valence-corrected chi connectivity index (χ1v) is 17.1. The number of nitrogens with zero attached hydrogens (tertiary/aromatic N) is 6. The fourth-order valence-corrected chi connectivity index (χ4v) is 6.71. The Balaban J connectivity index is 0.000000200. The second kappa shape index (κ2) is 15.8. The second-order valence-electron chi connectivity index (χ2n) is 12.4. The summed E-state index contributed by atoms with van der Waals surface area (Å²) < 4.78 is 0. The predicted octanol–water partition coefficient (Wildman–Crippen LogP) is 10.1. The van der Waals surface area contributed by atoms with Crippen LogP contribution in [-0.4, -0.2) is 20.1 Å². The molecule has 6 aromatic rings. The molecule has 6 aromatic carbocycles. The first-order chi connectivity index (χ1) is 24.7. The van der Waals surface area contributed by atoms with Crippen molar-refractivity contribution in [1.82, 2.24) is 0 Å². The van der Waals surface area contributed by atoms with Gasteiger partial charge in [0.05, 0.1) is 0 Å². The Morgan fingerprint density at radius 1 is 0.412 bits per heavy atom. The van der Waals surface area contributed by atoms with Crippen molar-refractivity contribution in [3.05, 3.63) is 184 Å². The zero-order chi connectivity index (χ0) is 33.7. The Kier molecular flexibility index (Phi) is 10.6. The Labute approximate surface area is 316 Å². The van der Waals surface area contributed by atoms with Crippen molar-refractivity contribution in [3.63, 3.8) is 0 Å². The fourth-order valence-electron chi connectivity index (χ4n) is 6.71. The molecule has 0 unspecified atom stereocenters. The molecular formula is C44H38IrN6-6. The molecule has 0 amide bonds. The smallest absolute Gasteiger partial charge is 0.0326 e. The number of para-hydroxylation sites is 9. The summed E-state index contributed by atoms with van der Waals surface area (Å²) in [5.74, 6) is 0. The van der Waals surface area contributed by atoms with E-state index in [0.29, 0.717) is 0 Å². The molecule has 3 aliphatic rings. The molecule has 0 N–H and O–H groups in total. The average molecular weight is 843 g/mol. The van der Waals surface area contributed by atoms with E-state index in [0.717, 1.165) is 43.0 Å². The van der Waals surface area contributed by atoms with Crippen LogP contribution in [0.2, 0.25) is 0 Å². The average Bonchev–Trinajstić information content (AvgIpc) is 3.86. The monoisotopic (exact) mass is 843 g/mol. The molecule has 0 atom stereocenters. The van der Waals surface area contributed by atoms with Crippen molar-refractivity contribution in [3.8, 4) is 0 Å². The van der Waals surface area contributed by atoms with Gasteiger partial charge in [-0.05, 0) is 69.4 Å². The summed E-state index contributed by atoms with van der Waals surface area (Å²) in [4.78, 5) is 13.5. The molecule has 51 heavy (non-hydrogen) atoms. The van der Waals surface area contributed by atoms with Crippen LogP contribution in [0.3, 0.4) is 0 Å². The van der Waals surface area contributed by atoms with Gasteiger partial charge in [-0.1, -0.05) is 36.4 Å². The third-order valence-electron chi connectivity index (χ3n) is 9.13. The van der Waals surface area contributed by atoms with Gasteiger partial charge in [0.15, 0.2) is 0 Å². The largest absolute Gasteiger partial charge is 0.504 e. The van der Waals surface area contributed by atoms with E-state index in [-0.39, 0.29) is 20.1 Å². The van der Waals surface area contributed by atoms with Crippen LogP contribution in [0.4, 0.5) is 51.2 Å². The van der Waals surface area contributed by atoms with E-state index >= 15 is 0 Å². The van der Waals surface area contributed by atoms with Gasteiger partial charge in [0.2, 0.25) is 0 Å². The number of rotatable bonds is 8. The molecule has 9 rings (SSSR count). The van der Waals surface area contributed by atoms with Gasteiger partial charge in [0, 0.05) is 54.2 Å². The summed E-state index contributed by atoms with van der Waals surface area (Å²) >= 11 is 0. The number of unbranched alkanes of at least 4 members (excludes halogenated alkanes) is 1. The summed E-state index contributed by atoms with van der Waals surface area (Å²) in [6.45, 7) is 8.45. The molecule has 7 heteroatoms. The van der Waals surface area contributed by atoms with Crippen molar-refractivity contribution >= 4 is 51.2 Å². The maximum atomic E-state index is 3.35. The zero-order valence-electron chi connectivity index (χ0n) is 28.4. The zero-order valence-corrected chi connectivity index (χ0v) is 30.8. The SMILES string of the molecule is CN1[CH-]N(c2[c-]cccc2)c2ccccc21.[Ir].[c-]1ccccc1N1[CH-]N(CCCCN2[CH-]N(c3[c-]cccc3)c3ccccc32)c2ccccc21. The molecule has 0 bridgehead atoms. The maximum absolute atomic E-state index is 3.35. The van der Waals surface area contributed by atoms with Gasteiger partial charge in [-0.2, -0.15) is 111 Å². The number of benzene rings is 6. The standard InChI is InChI=1S/C30H26N4.C14H12N2.Ir/c1-3-13-25(14-4-1)33-23-31(27-17-7-9-19-29(27)33)21-11-12-22-32-24-34(26-15-5-2-6-16-26)30-20-10-8-18-28(30)32;1-15-11-16(12-7-3-2-4-8-12)14-10-6-5-9-13(14)15;/h1-10,13,15,17-20,23-24H,11-12,21-22H2;2-7,9-11H,1H3;/q-4;-2;. The first kappa shape index (κ1) is 34.2. The minimum absolute atomic E-state index is 0. The van der Waals surface area contributed by atoms with Gasteiger partial charge in [-0.25, -0.2) is 0 Å². The van der Waals surface area contributed by atoms with Crippen LogP contribution in [0.5, 0.6) is 0 Å². The van der Waals surface area contributed by atoms with Gasteiger partial charge in [0.1, 0.15) is 0 Å². The number of hydrogen-bond acceptors (Lipinski definition) is 6. The first-order valence-electron chi connectivity index (χ1n) is 17.1. The van der Waals surface area contributed by atoms with Crippen LogP contribution in [-0.2, 0) is 20.1 Å². The van der Waals surface area contributed by atoms with Crippen LogP contribution < -0.4 is 29.4 Å². The van der Waals surface area contributed by atoms with E-state index in [4.69, 9.17) is 0 Å². The summed E-state index contributed by atoms with van der Waals surface area (Å²) in [7, 11) is 2.06. The molecule has 1 radical (unpaired) electrons. The normalized spacial score (nSPS) is 14.1. The van der Waals surface area contributed by atoms with Crippen molar-refractivity contribution in [2.45, 2.75) is 12.8 Å². The van der Waals surface area contributed by atoms with Gasteiger partial charge in [-0.15, -0.1) is 17.1 Å². The predicted molar refractivity (Wildman–Crippen MR) is 207 cm³/mol. The summed E-state index contributed by atoms with van der Waals surface area (Å²) in [6, 6.07) is 59.8. The summed E-state index contributed by atoms with van der Waals surface area (Å²) in [6.07, 6.45) is 2.20. The van der Waals surface area contributed by atoms with Crippen molar-refractivity contribution in [2.24, 2.45) is 0 Å². The fraction of sp³-hybridized carbons (Fsp3) is 0.114. The molecule has 259 valence electrons. The Morgan fingerprint density at radius 3 is 1.14 bits per heavy atom. The Hall–Kier alpha value is -5.23. The van der Waals surface area contributed by atoms with E-state index in [1.54, 1.807) is 0 Å². The minimum Gasteiger partial charge on any atom is -0.504 e. The van der Waals surface area contributed by atoms with Gasteiger partial charge in [-0.3, -0.25) is 0 Å². The van der Waals surface area contributed by atoms with Crippen molar-refractivity contribution < 1.29 is 20.1 Å². The number of hydrogen-bond donors (Lipinski definition) is 0. The molecule has 0 fully saturated rings. The van der Waals surface area contributed by atoms with Crippen LogP contribution in [0.1, 0.15) is 12.8 Å². The summed E-state index contributed by atoms with van der Waals surface area (Å²) in [5.41, 5.74) is 10.6. The third kappa shape index (κ3) is 7.18. The minimum atomic E-state index is 0. The Bertz CT molecular complexity index is 1910. The van der Waals surface area contributed by atoms with Gasteiger partial charge in [0.25, 0.3) is 0 Å². The van der Waals surface area contributed by atoms with Gasteiger partial charge < -0.3 is 29.4 Å². The quantitative estimate of drug-likeness (QED) is 0.112. The second-order valence-corrected chi connectivity index (χ2v) is 12.4. The Morgan fingerprint density at radius 2 is 0.745 bits per heavy atom. The topological polar surface area (TPSA) is 19.4 Å². The van der Waals surface area contributed by atoms with Crippen LogP contribution >= 0.6 is 0 Å². The van der Waals surface area contributed by atoms with Crippen molar-refractivity contribution in [2.75, 3.05) is 49.5 Å². The van der Waals surface area contributed by atoms with Crippen LogP contribution in [0.15, 0.2) is 146 Å². The molecule has 3 heterocycles. The maximum Gasteiger partial charge on any atom is 0.0326 e. The van der Waals surface area contributed by atoms with Crippen molar-refractivity contribution in [1.29, 1.82) is 0 Å². The number of anilines is 9. The molecule has 0 spiro atoms. The third-order valence-corrected chi connectivity index (χ3v) is 9.13. The van der Waals surface area contributed by atoms with Crippen LogP contribution in [0.25, 0.3) is 0 Å². The molecule has 0 saturated carbocycles. The van der Waals surface area contributed by atoms with E-state index in [1.165, 1.54) is 34.1 Å². The molecule has 3 aliphatic heterocycles. The molecule has 0 saturated heterocycles. The van der Waals surface area contributed by atoms with Crippen LogP contribution in [0, 0.1) is 38.2 Å². The van der Waals surface area contributed by atoms with E-state index < -0.39 is 0 Å². The molecule has 6 nitrogen and oxygen atoms in total. The molecule has 0 aromatic heterocycles.